The van der Waals surface area contributed by atoms with Crippen LogP contribution in [0.5, 0.6) is 0 Å². The summed E-state index contributed by atoms with van der Waals surface area (Å²) in [6.07, 6.45) is 2.47. The van der Waals surface area contributed by atoms with E-state index in [1.165, 1.54) is 29.7 Å². The summed E-state index contributed by atoms with van der Waals surface area (Å²) in [6, 6.07) is 18.0. The molecule has 0 bridgehead atoms. The first-order chi connectivity index (χ1) is 10.4. The number of benzene rings is 2. The van der Waals surface area contributed by atoms with E-state index in [-0.39, 0.29) is 0 Å². The van der Waals surface area contributed by atoms with Gasteiger partial charge < -0.3 is 10.2 Å². The average molecular weight is 278 g/mol. The summed E-state index contributed by atoms with van der Waals surface area (Å²) in [4.78, 5) is 2.55. The minimum atomic E-state index is 0.576. The van der Waals surface area contributed by atoms with E-state index in [2.05, 4.69) is 58.7 Å². The van der Waals surface area contributed by atoms with Crippen LogP contribution in [0.15, 0.2) is 48.5 Å². The van der Waals surface area contributed by atoms with Gasteiger partial charge in [-0.1, -0.05) is 42.5 Å². The molecule has 0 aromatic heterocycles. The van der Waals surface area contributed by atoms with Crippen molar-refractivity contribution in [3.8, 4) is 0 Å². The number of nitrogens with zero attached hydrogens (tertiary/aromatic N) is 1. The van der Waals surface area contributed by atoms with Crippen LogP contribution in [0.3, 0.4) is 0 Å². The van der Waals surface area contributed by atoms with E-state index in [1.807, 2.05) is 0 Å². The van der Waals surface area contributed by atoms with Gasteiger partial charge >= 0.3 is 0 Å². The Kier molecular flexibility index (Phi) is 3.40. The van der Waals surface area contributed by atoms with Crippen molar-refractivity contribution in [1.29, 1.82) is 0 Å². The molecular formula is C19H22N2. The van der Waals surface area contributed by atoms with E-state index in [4.69, 9.17) is 0 Å². The van der Waals surface area contributed by atoms with Gasteiger partial charge in [-0.15, -0.1) is 0 Å². The van der Waals surface area contributed by atoms with Crippen LogP contribution in [0, 0.1) is 0 Å². The number of hydrogen-bond donors (Lipinski definition) is 1. The molecule has 1 fully saturated rings. The van der Waals surface area contributed by atoms with Crippen molar-refractivity contribution in [3.63, 3.8) is 0 Å². The number of hydrogen-bond acceptors (Lipinski definition) is 2. The van der Waals surface area contributed by atoms with Crippen LogP contribution >= 0.6 is 0 Å². The van der Waals surface area contributed by atoms with Crippen LogP contribution in [0.1, 0.15) is 29.0 Å². The maximum Gasteiger partial charge on any atom is 0.0405 e. The van der Waals surface area contributed by atoms with Crippen LogP contribution in [-0.2, 0) is 6.42 Å². The number of anilines is 1. The Bertz CT molecular complexity index is 629. The Morgan fingerprint density at radius 1 is 0.857 bits per heavy atom. The van der Waals surface area contributed by atoms with Crippen molar-refractivity contribution in [2.45, 2.75) is 18.8 Å². The fourth-order valence-electron chi connectivity index (χ4n) is 3.86. The molecule has 1 heterocycles. The molecule has 108 valence electrons. The first kappa shape index (κ1) is 12.9. The quantitative estimate of drug-likeness (QED) is 0.907. The van der Waals surface area contributed by atoms with Gasteiger partial charge in [0.25, 0.3) is 0 Å². The molecule has 0 saturated carbocycles. The minimum absolute atomic E-state index is 0.576. The molecule has 1 unspecified atom stereocenters. The lowest BCUT2D eigenvalue weighted by atomic mass is 9.91. The van der Waals surface area contributed by atoms with Crippen LogP contribution < -0.4 is 10.2 Å². The highest BCUT2D eigenvalue weighted by atomic mass is 15.2. The Hall–Kier alpha value is -1.80. The lowest BCUT2D eigenvalue weighted by Gasteiger charge is -2.32. The molecule has 2 aromatic carbocycles. The maximum absolute atomic E-state index is 3.45. The molecule has 4 rings (SSSR count). The molecule has 2 aromatic rings. The van der Waals surface area contributed by atoms with Crippen LogP contribution in [0.25, 0.3) is 0 Å². The summed E-state index contributed by atoms with van der Waals surface area (Å²) >= 11 is 0. The van der Waals surface area contributed by atoms with E-state index in [0.717, 1.165) is 26.2 Å². The predicted octanol–water partition coefficient (Wildman–Crippen LogP) is 3.17. The van der Waals surface area contributed by atoms with Crippen molar-refractivity contribution in [2.75, 3.05) is 31.1 Å². The molecule has 0 spiro atoms. The van der Waals surface area contributed by atoms with E-state index < -0.39 is 0 Å². The van der Waals surface area contributed by atoms with Crippen molar-refractivity contribution in [3.05, 3.63) is 65.2 Å². The third kappa shape index (κ3) is 2.34. The van der Waals surface area contributed by atoms with Gasteiger partial charge in [0.05, 0.1) is 0 Å². The van der Waals surface area contributed by atoms with E-state index in [9.17, 15) is 0 Å². The molecule has 1 saturated heterocycles. The number of aryl methyl sites for hydroxylation is 1. The zero-order chi connectivity index (χ0) is 14.1. The maximum atomic E-state index is 3.45. The number of rotatable bonds is 2. The zero-order valence-corrected chi connectivity index (χ0v) is 12.4. The molecular weight excluding hydrogens is 256 g/mol. The van der Waals surface area contributed by atoms with E-state index in [0.29, 0.717) is 5.92 Å². The molecule has 1 aliphatic heterocycles. The molecule has 2 heteroatoms. The average Bonchev–Trinajstić information content (AvgIpc) is 3.00. The first-order valence-corrected chi connectivity index (χ1v) is 8.06. The third-order valence-electron chi connectivity index (χ3n) is 4.90. The van der Waals surface area contributed by atoms with Gasteiger partial charge in [0.1, 0.15) is 0 Å². The van der Waals surface area contributed by atoms with Crippen molar-refractivity contribution >= 4 is 5.69 Å². The molecule has 21 heavy (non-hydrogen) atoms. The number of nitrogens with one attached hydrogen (secondary N) is 1. The molecule has 2 aliphatic rings. The summed E-state index contributed by atoms with van der Waals surface area (Å²) in [5, 5.41) is 3.45. The van der Waals surface area contributed by atoms with Crippen LogP contribution in [0.4, 0.5) is 5.69 Å². The third-order valence-corrected chi connectivity index (χ3v) is 4.90. The standard InChI is InChI=1S/C19H22N2/c1-2-6-16-15(5-1)9-10-17(16)18-7-3-4-8-19(18)21-13-11-20-12-14-21/h1-8,17,20H,9-14H2. The normalized spacial score (nSPS) is 21.3. The lowest BCUT2D eigenvalue weighted by Crippen LogP contribution is -2.44. The monoisotopic (exact) mass is 278 g/mol. The second-order valence-corrected chi connectivity index (χ2v) is 6.09. The summed E-state index contributed by atoms with van der Waals surface area (Å²) < 4.78 is 0. The highest BCUT2D eigenvalue weighted by Crippen LogP contribution is 2.41. The minimum Gasteiger partial charge on any atom is -0.369 e. The predicted molar refractivity (Wildman–Crippen MR) is 88.1 cm³/mol. The number of fused-ring (bicyclic) bond motifs is 1. The van der Waals surface area contributed by atoms with Crippen LogP contribution in [-0.4, -0.2) is 26.2 Å². The van der Waals surface area contributed by atoms with E-state index >= 15 is 0 Å². The summed E-state index contributed by atoms with van der Waals surface area (Å²) in [5.41, 5.74) is 6.04. The second kappa shape index (κ2) is 5.53. The van der Waals surface area contributed by atoms with Gasteiger partial charge in [0.15, 0.2) is 0 Å². The van der Waals surface area contributed by atoms with E-state index in [1.54, 1.807) is 5.56 Å². The zero-order valence-electron chi connectivity index (χ0n) is 12.4. The fourth-order valence-corrected chi connectivity index (χ4v) is 3.86. The first-order valence-electron chi connectivity index (χ1n) is 8.06. The van der Waals surface area contributed by atoms with Gasteiger partial charge in [-0.2, -0.15) is 0 Å². The second-order valence-electron chi connectivity index (χ2n) is 6.09. The molecule has 1 aliphatic carbocycles. The van der Waals surface area contributed by atoms with Gasteiger partial charge in [-0.05, 0) is 35.6 Å². The van der Waals surface area contributed by atoms with Crippen LogP contribution in [0.2, 0.25) is 0 Å². The highest BCUT2D eigenvalue weighted by molar-refractivity contribution is 5.59. The van der Waals surface area contributed by atoms with Gasteiger partial charge in [0.2, 0.25) is 0 Å². The van der Waals surface area contributed by atoms with Crippen molar-refractivity contribution in [1.82, 2.24) is 5.32 Å². The molecule has 0 radical (unpaired) electrons. The summed E-state index contributed by atoms with van der Waals surface area (Å²) in [6.45, 7) is 4.42. The molecule has 0 amide bonds. The highest BCUT2D eigenvalue weighted by Gasteiger charge is 2.26. The van der Waals surface area contributed by atoms with Crippen molar-refractivity contribution < 1.29 is 0 Å². The largest absolute Gasteiger partial charge is 0.369 e. The molecule has 2 nitrogen and oxygen atoms in total. The smallest absolute Gasteiger partial charge is 0.0405 e. The SMILES string of the molecule is c1ccc2c(c1)CCC2c1ccccc1N1CCNCC1. The fraction of sp³-hybridized carbons (Fsp3) is 0.368. The van der Waals surface area contributed by atoms with Gasteiger partial charge in [0, 0.05) is 37.8 Å². The lowest BCUT2D eigenvalue weighted by molar-refractivity contribution is 0.586. The summed E-state index contributed by atoms with van der Waals surface area (Å²) in [5.74, 6) is 0.576. The molecule has 1 atom stereocenters. The Balaban J connectivity index is 1.73. The molecule has 1 N–H and O–H groups in total. The summed E-state index contributed by atoms with van der Waals surface area (Å²) in [7, 11) is 0. The topological polar surface area (TPSA) is 15.3 Å². The Labute approximate surface area is 126 Å². The Morgan fingerprint density at radius 3 is 2.43 bits per heavy atom. The number of para-hydroxylation sites is 1. The Morgan fingerprint density at radius 2 is 1.57 bits per heavy atom. The van der Waals surface area contributed by atoms with Gasteiger partial charge in [-0.25, -0.2) is 0 Å². The van der Waals surface area contributed by atoms with Gasteiger partial charge in [-0.3, -0.25) is 0 Å². The number of piperazine rings is 1. The van der Waals surface area contributed by atoms with Crippen molar-refractivity contribution in [2.24, 2.45) is 0 Å².